The van der Waals surface area contributed by atoms with Gasteiger partial charge in [0, 0.05) is 18.2 Å². The molecule has 2 N–H and O–H groups in total. The predicted octanol–water partition coefficient (Wildman–Crippen LogP) is 3.77. The fraction of sp³-hybridized carbons (Fsp3) is 0.217. The van der Waals surface area contributed by atoms with Crippen LogP contribution in [0.2, 0.25) is 5.15 Å². The molecule has 0 aliphatic carbocycles. The summed E-state index contributed by atoms with van der Waals surface area (Å²) in [5.41, 5.74) is 3.72. The van der Waals surface area contributed by atoms with Crippen molar-refractivity contribution in [3.63, 3.8) is 0 Å². The highest BCUT2D eigenvalue weighted by Gasteiger charge is 2.22. The second kappa shape index (κ2) is 8.51. The summed E-state index contributed by atoms with van der Waals surface area (Å²) in [6.45, 7) is 5.54. The molecule has 35 heavy (non-hydrogen) atoms. The second-order valence-corrected chi connectivity index (χ2v) is 8.56. The average Bonchev–Trinajstić information content (AvgIpc) is 3.45. The molecule has 11 nitrogen and oxygen atoms in total. The number of aryl methyl sites for hydroxylation is 2. The number of nitrogens with zero attached hydrogens (tertiary/aromatic N) is 5. The van der Waals surface area contributed by atoms with Crippen molar-refractivity contribution in [1.29, 1.82) is 0 Å². The first-order valence-electron chi connectivity index (χ1n) is 10.7. The molecule has 0 saturated heterocycles. The Morgan fingerprint density at radius 2 is 2.00 bits per heavy atom. The maximum absolute atomic E-state index is 13.3. The van der Waals surface area contributed by atoms with Gasteiger partial charge in [0.1, 0.15) is 22.1 Å². The molecule has 4 heterocycles. The van der Waals surface area contributed by atoms with Crippen molar-refractivity contribution < 1.29 is 8.94 Å². The van der Waals surface area contributed by atoms with Crippen LogP contribution >= 0.6 is 11.6 Å². The highest BCUT2D eigenvalue weighted by molar-refractivity contribution is 6.29. The van der Waals surface area contributed by atoms with Gasteiger partial charge < -0.3 is 9.73 Å². The van der Waals surface area contributed by atoms with Crippen molar-refractivity contribution in [2.75, 3.05) is 5.32 Å². The van der Waals surface area contributed by atoms with Gasteiger partial charge in [0.2, 0.25) is 5.82 Å². The number of aromatic nitrogens is 6. The summed E-state index contributed by atoms with van der Waals surface area (Å²) in [5, 5.41) is 16.2. The number of benzene rings is 1. The van der Waals surface area contributed by atoms with E-state index in [4.69, 9.17) is 16.0 Å². The van der Waals surface area contributed by atoms with Crippen LogP contribution in [0, 0.1) is 13.8 Å². The van der Waals surface area contributed by atoms with E-state index in [1.54, 1.807) is 38.4 Å². The number of rotatable bonds is 5. The van der Waals surface area contributed by atoms with Crippen LogP contribution in [0.5, 0.6) is 0 Å². The van der Waals surface area contributed by atoms with E-state index in [2.05, 4.69) is 35.2 Å². The van der Waals surface area contributed by atoms with Gasteiger partial charge in [-0.15, -0.1) is 0 Å². The Labute approximate surface area is 202 Å². The van der Waals surface area contributed by atoms with E-state index in [1.807, 2.05) is 19.9 Å². The smallest absolute Gasteiger partial charge is 0.439 e. The van der Waals surface area contributed by atoms with Crippen LogP contribution < -0.4 is 16.5 Å². The third kappa shape index (κ3) is 4.10. The number of fused-ring (bicyclic) bond motifs is 1. The third-order valence-electron chi connectivity index (χ3n) is 5.59. The quantitative estimate of drug-likeness (QED) is 0.349. The topological polar surface area (TPSA) is 145 Å². The van der Waals surface area contributed by atoms with Crippen LogP contribution in [0.4, 0.5) is 5.69 Å². The zero-order valence-electron chi connectivity index (χ0n) is 19.2. The lowest BCUT2D eigenvalue weighted by Gasteiger charge is -2.19. The molecule has 5 rings (SSSR count). The second-order valence-electron chi connectivity index (χ2n) is 8.18. The fourth-order valence-electron chi connectivity index (χ4n) is 3.96. The molecular weight excluding hydrogens is 474 g/mol. The van der Waals surface area contributed by atoms with Gasteiger partial charge in [-0.3, -0.25) is 14.3 Å². The summed E-state index contributed by atoms with van der Waals surface area (Å²) in [7, 11) is 1.69. The molecule has 0 spiro atoms. The summed E-state index contributed by atoms with van der Waals surface area (Å²) in [6.07, 6.45) is 1.55. The van der Waals surface area contributed by atoms with E-state index in [0.29, 0.717) is 39.4 Å². The molecule has 0 amide bonds. The maximum atomic E-state index is 13.3. The molecule has 4 aromatic heterocycles. The monoisotopic (exact) mass is 493 g/mol. The number of aromatic amines is 1. The van der Waals surface area contributed by atoms with Crippen LogP contribution in [-0.4, -0.2) is 30.1 Å². The van der Waals surface area contributed by atoms with Crippen molar-refractivity contribution in [3.8, 4) is 23.0 Å². The van der Waals surface area contributed by atoms with E-state index >= 15 is 0 Å². The van der Waals surface area contributed by atoms with Gasteiger partial charge in [-0.1, -0.05) is 22.8 Å². The number of hydrogen-bond donors (Lipinski definition) is 2. The number of anilines is 1. The lowest BCUT2D eigenvalue weighted by Crippen LogP contribution is -2.13. The van der Waals surface area contributed by atoms with Crippen LogP contribution in [0.15, 0.2) is 49.0 Å². The van der Waals surface area contributed by atoms with E-state index in [1.165, 1.54) is 4.80 Å². The minimum absolute atomic E-state index is 0.133. The number of pyridine rings is 1. The molecule has 0 fully saturated rings. The summed E-state index contributed by atoms with van der Waals surface area (Å²) >= 11 is 6.08. The molecule has 0 radical (unpaired) electrons. The molecule has 1 aromatic carbocycles. The normalized spacial score (nSPS) is 12.3. The van der Waals surface area contributed by atoms with E-state index in [-0.39, 0.29) is 22.4 Å². The molecule has 1 unspecified atom stereocenters. The van der Waals surface area contributed by atoms with Crippen LogP contribution in [-0.2, 0) is 7.05 Å². The Hall–Kier alpha value is -4.25. The largest absolute Gasteiger partial charge is 0.453 e. The molecular formula is C23H20ClN7O4. The molecule has 0 saturated carbocycles. The Balaban J connectivity index is 1.64. The molecule has 5 aromatic rings. The highest BCUT2D eigenvalue weighted by Crippen LogP contribution is 2.33. The summed E-state index contributed by atoms with van der Waals surface area (Å²) < 4.78 is 10.9. The SMILES string of the molecule is Cc1cc(C(C)Nc2ccc(Cl)nc2-c2noc(=O)[nH]2)c2oc(-c3cnn(C)n3)c(C)c(=O)c2c1. The van der Waals surface area contributed by atoms with Crippen molar-refractivity contribution in [2.24, 2.45) is 7.05 Å². The Kier molecular flexibility index (Phi) is 5.48. The highest BCUT2D eigenvalue weighted by atomic mass is 35.5. The van der Waals surface area contributed by atoms with Crippen molar-refractivity contribution in [2.45, 2.75) is 26.8 Å². The third-order valence-corrected chi connectivity index (χ3v) is 5.80. The molecule has 1 atom stereocenters. The number of nitrogens with one attached hydrogen (secondary N) is 2. The molecule has 0 aliphatic heterocycles. The van der Waals surface area contributed by atoms with Gasteiger partial charge in [-0.25, -0.2) is 9.78 Å². The van der Waals surface area contributed by atoms with Crippen molar-refractivity contribution >= 4 is 28.3 Å². The summed E-state index contributed by atoms with van der Waals surface area (Å²) in [6, 6.07) is 6.73. The van der Waals surface area contributed by atoms with Gasteiger partial charge in [-0.2, -0.15) is 15.0 Å². The summed E-state index contributed by atoms with van der Waals surface area (Å²) in [5.74, 6) is -0.213. The number of hydrogen-bond acceptors (Lipinski definition) is 9. The average molecular weight is 494 g/mol. The first kappa shape index (κ1) is 22.5. The lowest BCUT2D eigenvalue weighted by atomic mass is 9.99. The van der Waals surface area contributed by atoms with Gasteiger partial charge in [-0.05, 0) is 44.5 Å². The van der Waals surface area contributed by atoms with Crippen LogP contribution in [0.25, 0.3) is 33.9 Å². The molecule has 0 bridgehead atoms. The first-order valence-corrected chi connectivity index (χ1v) is 11.0. The lowest BCUT2D eigenvalue weighted by molar-refractivity contribution is 0.388. The number of H-pyrrole nitrogens is 1. The van der Waals surface area contributed by atoms with Gasteiger partial charge >= 0.3 is 5.76 Å². The van der Waals surface area contributed by atoms with Crippen molar-refractivity contribution in [3.05, 3.63) is 73.1 Å². The Bertz CT molecular complexity index is 1700. The van der Waals surface area contributed by atoms with Crippen LogP contribution in [0.3, 0.4) is 0 Å². The molecule has 0 aliphatic rings. The van der Waals surface area contributed by atoms with E-state index in [0.717, 1.165) is 11.1 Å². The van der Waals surface area contributed by atoms with Gasteiger partial charge in [0.25, 0.3) is 0 Å². The van der Waals surface area contributed by atoms with E-state index < -0.39 is 5.76 Å². The maximum Gasteiger partial charge on any atom is 0.439 e. The molecule has 178 valence electrons. The first-order chi connectivity index (χ1) is 16.7. The standard InChI is InChI=1S/C23H20ClN7O4/c1-10-7-13(12(3)26-15-5-6-17(24)27-18(15)22-28-23(33)35-30-22)21-14(8-10)19(32)11(2)20(34-21)16-9-25-31(4)29-16/h5-9,12,26H,1-4H3,(H,28,30,33). The molecule has 12 heteroatoms. The van der Waals surface area contributed by atoms with Gasteiger partial charge in [0.05, 0.1) is 23.3 Å². The number of halogens is 1. The Morgan fingerprint density at radius 3 is 2.69 bits per heavy atom. The minimum Gasteiger partial charge on any atom is -0.453 e. The Morgan fingerprint density at radius 1 is 1.20 bits per heavy atom. The zero-order chi connectivity index (χ0) is 24.9. The van der Waals surface area contributed by atoms with Gasteiger partial charge in [0.15, 0.2) is 11.2 Å². The van der Waals surface area contributed by atoms with Crippen LogP contribution in [0.1, 0.15) is 29.7 Å². The van der Waals surface area contributed by atoms with Crippen molar-refractivity contribution in [1.82, 2.24) is 30.1 Å². The minimum atomic E-state index is -0.709. The fourth-order valence-corrected chi connectivity index (χ4v) is 4.11. The van der Waals surface area contributed by atoms with E-state index in [9.17, 15) is 9.59 Å². The summed E-state index contributed by atoms with van der Waals surface area (Å²) in [4.78, 5) is 32.9. The zero-order valence-corrected chi connectivity index (χ0v) is 20.0. The predicted molar refractivity (Wildman–Crippen MR) is 129 cm³/mol.